The molecular formula is C16H12ClF2N5. The maximum Gasteiger partial charge on any atom is 0.159 e. The average Bonchev–Trinajstić information content (AvgIpc) is 2.56. The van der Waals surface area contributed by atoms with Crippen LogP contribution in [-0.2, 0) is 0 Å². The number of hydrogen-bond donors (Lipinski definition) is 3. The third kappa shape index (κ3) is 3.52. The number of anilines is 5. The first-order valence-electron chi connectivity index (χ1n) is 6.88. The molecule has 0 spiro atoms. The number of nitrogens with two attached hydrogens (primary N) is 1. The van der Waals surface area contributed by atoms with Gasteiger partial charge in [0, 0.05) is 16.8 Å². The molecule has 3 rings (SSSR count). The van der Waals surface area contributed by atoms with E-state index in [1.165, 1.54) is 6.33 Å². The lowest BCUT2D eigenvalue weighted by Gasteiger charge is -2.13. The number of nitrogens with zero attached hydrogens (tertiary/aromatic N) is 2. The quantitative estimate of drug-likeness (QED) is 0.649. The Bertz CT molecular complexity index is 871. The number of nitrogens with one attached hydrogen (secondary N) is 2. The van der Waals surface area contributed by atoms with Crippen molar-refractivity contribution in [3.63, 3.8) is 0 Å². The molecule has 0 amide bonds. The molecule has 0 saturated carbocycles. The van der Waals surface area contributed by atoms with E-state index >= 15 is 0 Å². The average molecular weight is 348 g/mol. The highest BCUT2D eigenvalue weighted by Crippen LogP contribution is 2.29. The summed E-state index contributed by atoms with van der Waals surface area (Å²) in [5.41, 5.74) is 6.81. The van der Waals surface area contributed by atoms with Gasteiger partial charge in [0.2, 0.25) is 0 Å². The van der Waals surface area contributed by atoms with Gasteiger partial charge in [-0.2, -0.15) is 0 Å². The molecule has 1 heterocycles. The van der Waals surface area contributed by atoms with Crippen molar-refractivity contribution >= 4 is 40.3 Å². The van der Waals surface area contributed by atoms with Gasteiger partial charge in [-0.25, -0.2) is 18.7 Å². The molecule has 3 aromatic rings. The van der Waals surface area contributed by atoms with Crippen LogP contribution in [0.3, 0.4) is 0 Å². The van der Waals surface area contributed by atoms with E-state index in [1.807, 2.05) is 0 Å². The van der Waals surface area contributed by atoms with Gasteiger partial charge in [0.1, 0.15) is 23.6 Å². The van der Waals surface area contributed by atoms with Crippen molar-refractivity contribution in [3.8, 4) is 0 Å². The predicted octanol–water partition coefficient (Wildman–Crippen LogP) is 4.48. The Labute approximate surface area is 141 Å². The first-order chi connectivity index (χ1) is 11.5. The monoisotopic (exact) mass is 347 g/mol. The van der Waals surface area contributed by atoms with Crippen LogP contribution in [0.5, 0.6) is 0 Å². The molecule has 2 aromatic carbocycles. The van der Waals surface area contributed by atoms with E-state index in [0.29, 0.717) is 16.5 Å². The number of rotatable bonds is 4. The summed E-state index contributed by atoms with van der Waals surface area (Å²) >= 11 is 5.83. The summed E-state index contributed by atoms with van der Waals surface area (Å²) in [7, 11) is 0. The molecule has 0 aliphatic rings. The summed E-state index contributed by atoms with van der Waals surface area (Å²) in [5, 5.41) is 6.27. The van der Waals surface area contributed by atoms with Crippen LogP contribution in [0.25, 0.3) is 0 Å². The Morgan fingerprint density at radius 1 is 0.917 bits per heavy atom. The Hall–Kier alpha value is -2.93. The van der Waals surface area contributed by atoms with Crippen molar-refractivity contribution < 1.29 is 8.78 Å². The zero-order valence-corrected chi connectivity index (χ0v) is 13.0. The molecule has 0 fully saturated rings. The van der Waals surface area contributed by atoms with Crippen molar-refractivity contribution in [2.24, 2.45) is 0 Å². The highest BCUT2D eigenvalue weighted by molar-refractivity contribution is 6.30. The number of aromatic nitrogens is 2. The SMILES string of the molecule is Nc1c(Nc2ccc(Cl)cc2)ncnc1Nc1cc(F)ccc1F. The molecule has 4 N–H and O–H groups in total. The maximum absolute atomic E-state index is 13.7. The number of nitrogen functional groups attached to an aromatic ring is 1. The van der Waals surface area contributed by atoms with E-state index in [1.54, 1.807) is 24.3 Å². The van der Waals surface area contributed by atoms with Gasteiger partial charge in [-0.1, -0.05) is 11.6 Å². The van der Waals surface area contributed by atoms with E-state index in [2.05, 4.69) is 20.6 Å². The lowest BCUT2D eigenvalue weighted by atomic mass is 10.3. The predicted molar refractivity (Wildman–Crippen MR) is 90.8 cm³/mol. The lowest BCUT2D eigenvalue weighted by molar-refractivity contribution is 0.603. The van der Waals surface area contributed by atoms with Crippen LogP contribution in [0.15, 0.2) is 48.8 Å². The van der Waals surface area contributed by atoms with Gasteiger partial charge in [-0.15, -0.1) is 0 Å². The van der Waals surface area contributed by atoms with Crippen molar-refractivity contribution in [1.29, 1.82) is 0 Å². The Balaban J connectivity index is 1.88. The van der Waals surface area contributed by atoms with E-state index in [-0.39, 0.29) is 17.2 Å². The molecule has 122 valence electrons. The molecular weight excluding hydrogens is 336 g/mol. The van der Waals surface area contributed by atoms with Crippen molar-refractivity contribution in [1.82, 2.24) is 9.97 Å². The summed E-state index contributed by atoms with van der Waals surface area (Å²) in [6.45, 7) is 0. The smallest absolute Gasteiger partial charge is 0.159 e. The van der Waals surface area contributed by atoms with Crippen LogP contribution in [0, 0.1) is 11.6 Å². The summed E-state index contributed by atoms with van der Waals surface area (Å²) in [5.74, 6) is -0.717. The van der Waals surface area contributed by atoms with Crippen LogP contribution < -0.4 is 16.4 Å². The first kappa shape index (κ1) is 15.9. The molecule has 0 aliphatic heterocycles. The molecule has 0 bridgehead atoms. The second-order valence-corrected chi connectivity index (χ2v) is 5.30. The molecule has 24 heavy (non-hydrogen) atoms. The van der Waals surface area contributed by atoms with Gasteiger partial charge in [-0.05, 0) is 36.4 Å². The maximum atomic E-state index is 13.7. The second kappa shape index (κ2) is 6.67. The third-order valence-electron chi connectivity index (χ3n) is 3.17. The minimum atomic E-state index is -0.623. The van der Waals surface area contributed by atoms with Gasteiger partial charge in [0.05, 0.1) is 5.69 Å². The van der Waals surface area contributed by atoms with Gasteiger partial charge < -0.3 is 16.4 Å². The normalized spacial score (nSPS) is 10.5. The fourth-order valence-electron chi connectivity index (χ4n) is 1.99. The van der Waals surface area contributed by atoms with Gasteiger partial charge in [0.25, 0.3) is 0 Å². The molecule has 8 heteroatoms. The van der Waals surface area contributed by atoms with Crippen LogP contribution in [0.4, 0.5) is 37.5 Å². The molecule has 0 saturated heterocycles. The number of halogens is 3. The van der Waals surface area contributed by atoms with Crippen LogP contribution in [0.2, 0.25) is 5.02 Å². The fourth-order valence-corrected chi connectivity index (χ4v) is 2.11. The van der Waals surface area contributed by atoms with Gasteiger partial charge >= 0.3 is 0 Å². The first-order valence-corrected chi connectivity index (χ1v) is 7.26. The Morgan fingerprint density at radius 3 is 2.29 bits per heavy atom. The van der Waals surface area contributed by atoms with Crippen molar-refractivity contribution in [2.45, 2.75) is 0 Å². The van der Waals surface area contributed by atoms with Crippen LogP contribution in [0.1, 0.15) is 0 Å². The lowest BCUT2D eigenvalue weighted by Crippen LogP contribution is -2.06. The van der Waals surface area contributed by atoms with E-state index in [4.69, 9.17) is 17.3 Å². The van der Waals surface area contributed by atoms with Crippen LogP contribution >= 0.6 is 11.6 Å². The van der Waals surface area contributed by atoms with Crippen molar-refractivity contribution in [3.05, 3.63) is 65.4 Å². The molecule has 0 atom stereocenters. The number of hydrogen-bond acceptors (Lipinski definition) is 5. The zero-order valence-electron chi connectivity index (χ0n) is 12.2. The van der Waals surface area contributed by atoms with Crippen molar-refractivity contribution in [2.75, 3.05) is 16.4 Å². The second-order valence-electron chi connectivity index (χ2n) is 4.87. The zero-order chi connectivity index (χ0) is 17.1. The standard InChI is InChI=1S/C16H12ClF2N5/c17-9-1-4-11(5-2-9)23-15-14(20)16(22-8-21-15)24-13-7-10(18)3-6-12(13)19/h1-8H,20H2,(H2,21,22,23,24). The molecule has 0 radical (unpaired) electrons. The van der Waals surface area contributed by atoms with Crippen LogP contribution in [-0.4, -0.2) is 9.97 Å². The molecule has 0 aliphatic carbocycles. The van der Waals surface area contributed by atoms with Gasteiger partial charge in [-0.3, -0.25) is 0 Å². The minimum Gasteiger partial charge on any atom is -0.393 e. The number of benzene rings is 2. The topological polar surface area (TPSA) is 75.9 Å². The molecule has 5 nitrogen and oxygen atoms in total. The summed E-state index contributed by atoms with van der Waals surface area (Å²) < 4.78 is 27.0. The Morgan fingerprint density at radius 2 is 1.58 bits per heavy atom. The minimum absolute atomic E-state index is 0.0714. The third-order valence-corrected chi connectivity index (χ3v) is 3.42. The molecule has 0 unspecified atom stereocenters. The summed E-state index contributed by atoms with van der Waals surface area (Å²) in [6.07, 6.45) is 1.26. The van der Waals surface area contributed by atoms with E-state index in [9.17, 15) is 8.78 Å². The highest BCUT2D eigenvalue weighted by atomic mass is 35.5. The van der Waals surface area contributed by atoms with E-state index in [0.717, 1.165) is 18.2 Å². The summed E-state index contributed by atoms with van der Waals surface area (Å²) in [6, 6.07) is 9.99. The van der Waals surface area contributed by atoms with E-state index < -0.39 is 11.6 Å². The highest BCUT2D eigenvalue weighted by Gasteiger charge is 2.11. The Kier molecular flexibility index (Phi) is 4.43. The largest absolute Gasteiger partial charge is 0.393 e. The summed E-state index contributed by atoms with van der Waals surface area (Å²) in [4.78, 5) is 8.01. The van der Waals surface area contributed by atoms with Gasteiger partial charge in [0.15, 0.2) is 11.6 Å². The fraction of sp³-hybridized carbons (Fsp3) is 0. The molecule has 1 aromatic heterocycles.